The smallest absolute Gasteiger partial charge is 0.307 e. The van der Waals surface area contributed by atoms with Gasteiger partial charge in [-0.05, 0) is 32.2 Å². The van der Waals surface area contributed by atoms with Crippen LogP contribution >= 0.6 is 0 Å². The summed E-state index contributed by atoms with van der Waals surface area (Å²) in [6, 6.07) is 0.125. The van der Waals surface area contributed by atoms with Crippen LogP contribution in [0.15, 0.2) is 0 Å². The van der Waals surface area contributed by atoms with Crippen LogP contribution in [-0.4, -0.2) is 62.3 Å². The molecule has 0 aromatic rings. The molecule has 2 heterocycles. The average Bonchev–Trinajstić information content (AvgIpc) is 3.00. The van der Waals surface area contributed by atoms with E-state index in [1.165, 1.54) is 7.11 Å². The minimum atomic E-state index is -0.202. The van der Waals surface area contributed by atoms with Gasteiger partial charge in [0.05, 0.1) is 26.2 Å². The highest BCUT2D eigenvalue weighted by Crippen LogP contribution is 2.19. The van der Waals surface area contributed by atoms with E-state index >= 15 is 0 Å². The molecule has 0 saturated carbocycles. The van der Waals surface area contributed by atoms with Crippen molar-refractivity contribution in [2.75, 3.05) is 33.4 Å². The highest BCUT2D eigenvalue weighted by atomic mass is 16.5. The van der Waals surface area contributed by atoms with Crippen LogP contribution in [0.3, 0.4) is 0 Å². The Bertz CT molecular complexity index is 356. The van der Waals surface area contributed by atoms with Gasteiger partial charge in [0.15, 0.2) is 0 Å². The van der Waals surface area contributed by atoms with Gasteiger partial charge in [0.2, 0.25) is 5.91 Å². The molecule has 6 nitrogen and oxygen atoms in total. The summed E-state index contributed by atoms with van der Waals surface area (Å²) in [6.45, 7) is 2.62. The van der Waals surface area contributed by atoms with Gasteiger partial charge in [-0.2, -0.15) is 0 Å². The SMILES string of the molecule is COC(=O)CC1CCCCN1CC(=O)NCC1CCCO1. The summed E-state index contributed by atoms with van der Waals surface area (Å²) < 4.78 is 10.2. The van der Waals surface area contributed by atoms with Crippen molar-refractivity contribution in [1.29, 1.82) is 0 Å². The molecular formula is C15H26N2O4. The molecule has 2 atom stereocenters. The third kappa shape index (κ3) is 5.28. The van der Waals surface area contributed by atoms with Crippen LogP contribution in [0.1, 0.15) is 38.5 Å². The monoisotopic (exact) mass is 298 g/mol. The number of nitrogens with one attached hydrogen (secondary N) is 1. The Hall–Kier alpha value is -1.14. The normalized spacial score (nSPS) is 26.5. The number of ether oxygens (including phenoxy) is 2. The largest absolute Gasteiger partial charge is 0.469 e. The number of hydrogen-bond donors (Lipinski definition) is 1. The number of carbonyl (C=O) groups is 2. The summed E-state index contributed by atoms with van der Waals surface area (Å²) in [5, 5.41) is 2.94. The summed E-state index contributed by atoms with van der Waals surface area (Å²) >= 11 is 0. The standard InChI is InChI=1S/C15H26N2O4/c1-20-15(19)9-12-5-2-3-7-17(12)11-14(18)16-10-13-6-4-8-21-13/h12-13H,2-11H2,1H3,(H,16,18). The molecule has 21 heavy (non-hydrogen) atoms. The van der Waals surface area contributed by atoms with Crippen LogP contribution in [0.2, 0.25) is 0 Å². The number of nitrogens with zero attached hydrogens (tertiary/aromatic N) is 1. The lowest BCUT2D eigenvalue weighted by Gasteiger charge is -2.34. The maximum Gasteiger partial charge on any atom is 0.307 e. The van der Waals surface area contributed by atoms with Crippen LogP contribution in [-0.2, 0) is 19.1 Å². The first-order valence-corrected chi connectivity index (χ1v) is 7.88. The fraction of sp³-hybridized carbons (Fsp3) is 0.867. The van der Waals surface area contributed by atoms with Crippen LogP contribution in [0.4, 0.5) is 0 Å². The second-order valence-electron chi connectivity index (χ2n) is 5.84. The first-order chi connectivity index (χ1) is 10.2. The number of methoxy groups -OCH3 is 1. The number of amides is 1. The Balaban J connectivity index is 1.74. The number of piperidine rings is 1. The quantitative estimate of drug-likeness (QED) is 0.731. The lowest BCUT2D eigenvalue weighted by atomic mass is 9.99. The Morgan fingerprint density at radius 3 is 2.86 bits per heavy atom. The Labute approximate surface area is 126 Å². The molecule has 6 heteroatoms. The number of likely N-dealkylation sites (tertiary alicyclic amines) is 1. The van der Waals surface area contributed by atoms with Gasteiger partial charge in [-0.3, -0.25) is 14.5 Å². The summed E-state index contributed by atoms with van der Waals surface area (Å²) in [5.74, 6) is -0.186. The predicted molar refractivity (Wildman–Crippen MR) is 77.8 cm³/mol. The van der Waals surface area contributed by atoms with Crippen LogP contribution in [0.5, 0.6) is 0 Å². The van der Waals surface area contributed by atoms with Crippen molar-refractivity contribution in [3.63, 3.8) is 0 Å². The minimum Gasteiger partial charge on any atom is -0.469 e. The number of carbonyl (C=O) groups excluding carboxylic acids is 2. The summed E-state index contributed by atoms with van der Waals surface area (Å²) in [4.78, 5) is 25.6. The van der Waals surface area contributed by atoms with Crippen molar-refractivity contribution in [1.82, 2.24) is 10.2 Å². The van der Waals surface area contributed by atoms with Crippen molar-refractivity contribution in [2.24, 2.45) is 0 Å². The average molecular weight is 298 g/mol. The Morgan fingerprint density at radius 2 is 2.14 bits per heavy atom. The van der Waals surface area contributed by atoms with Gasteiger partial charge < -0.3 is 14.8 Å². The molecule has 2 saturated heterocycles. The molecule has 2 aliphatic heterocycles. The maximum atomic E-state index is 12.0. The maximum absolute atomic E-state index is 12.0. The van der Waals surface area contributed by atoms with E-state index in [2.05, 4.69) is 10.2 Å². The summed E-state index contributed by atoms with van der Waals surface area (Å²) in [5.41, 5.74) is 0. The molecule has 2 unspecified atom stereocenters. The number of hydrogen-bond acceptors (Lipinski definition) is 5. The molecule has 2 aliphatic rings. The molecule has 0 aromatic carbocycles. The van der Waals surface area contributed by atoms with Crippen molar-refractivity contribution < 1.29 is 19.1 Å². The number of esters is 1. The zero-order valence-corrected chi connectivity index (χ0v) is 12.8. The van der Waals surface area contributed by atoms with E-state index < -0.39 is 0 Å². The first kappa shape index (κ1) is 16.2. The topological polar surface area (TPSA) is 67.9 Å². The Kier molecular flexibility index (Phi) is 6.45. The molecule has 2 rings (SSSR count). The van der Waals surface area contributed by atoms with Crippen LogP contribution in [0, 0.1) is 0 Å². The summed E-state index contributed by atoms with van der Waals surface area (Å²) in [7, 11) is 1.41. The second-order valence-corrected chi connectivity index (χ2v) is 5.84. The van der Waals surface area contributed by atoms with Crippen LogP contribution < -0.4 is 5.32 Å². The molecule has 0 spiro atoms. The lowest BCUT2D eigenvalue weighted by molar-refractivity contribution is -0.143. The molecule has 0 bridgehead atoms. The van der Waals surface area contributed by atoms with E-state index in [1.807, 2.05) is 0 Å². The van der Waals surface area contributed by atoms with E-state index in [9.17, 15) is 9.59 Å². The lowest BCUT2D eigenvalue weighted by Crippen LogP contribution is -2.47. The molecule has 0 aromatic heterocycles. The fourth-order valence-electron chi connectivity index (χ4n) is 3.05. The molecule has 0 aliphatic carbocycles. The fourth-order valence-corrected chi connectivity index (χ4v) is 3.05. The van der Waals surface area contributed by atoms with Gasteiger partial charge >= 0.3 is 5.97 Å². The molecular weight excluding hydrogens is 272 g/mol. The van der Waals surface area contributed by atoms with Gasteiger partial charge in [0.25, 0.3) is 0 Å². The van der Waals surface area contributed by atoms with Gasteiger partial charge in [-0.25, -0.2) is 0 Å². The van der Waals surface area contributed by atoms with Gasteiger partial charge in [0, 0.05) is 19.2 Å². The molecule has 0 radical (unpaired) electrons. The highest BCUT2D eigenvalue weighted by molar-refractivity contribution is 5.78. The van der Waals surface area contributed by atoms with Crippen molar-refractivity contribution >= 4 is 11.9 Å². The van der Waals surface area contributed by atoms with E-state index in [4.69, 9.17) is 9.47 Å². The predicted octanol–water partition coefficient (Wildman–Crippen LogP) is 0.699. The van der Waals surface area contributed by atoms with Gasteiger partial charge in [-0.15, -0.1) is 0 Å². The number of rotatable bonds is 6. The van der Waals surface area contributed by atoms with Crippen molar-refractivity contribution in [3.05, 3.63) is 0 Å². The molecule has 120 valence electrons. The minimum absolute atomic E-state index is 0.0160. The van der Waals surface area contributed by atoms with E-state index in [0.717, 1.165) is 45.3 Å². The van der Waals surface area contributed by atoms with E-state index in [0.29, 0.717) is 19.5 Å². The van der Waals surface area contributed by atoms with E-state index in [-0.39, 0.29) is 24.0 Å². The van der Waals surface area contributed by atoms with Crippen molar-refractivity contribution in [2.45, 2.75) is 50.7 Å². The van der Waals surface area contributed by atoms with Gasteiger partial charge in [0.1, 0.15) is 0 Å². The molecule has 1 amide bonds. The second kappa shape index (κ2) is 8.34. The third-order valence-electron chi connectivity index (χ3n) is 4.28. The Morgan fingerprint density at radius 1 is 1.29 bits per heavy atom. The van der Waals surface area contributed by atoms with E-state index in [1.54, 1.807) is 0 Å². The zero-order valence-electron chi connectivity index (χ0n) is 12.8. The molecule has 2 fully saturated rings. The molecule has 1 N–H and O–H groups in total. The van der Waals surface area contributed by atoms with Crippen molar-refractivity contribution in [3.8, 4) is 0 Å². The summed E-state index contributed by atoms with van der Waals surface area (Å²) in [6.07, 6.45) is 5.78. The first-order valence-electron chi connectivity index (χ1n) is 7.88. The van der Waals surface area contributed by atoms with Crippen LogP contribution in [0.25, 0.3) is 0 Å². The zero-order chi connectivity index (χ0) is 15.1. The third-order valence-corrected chi connectivity index (χ3v) is 4.28. The highest BCUT2D eigenvalue weighted by Gasteiger charge is 2.27. The van der Waals surface area contributed by atoms with Gasteiger partial charge in [-0.1, -0.05) is 6.42 Å².